The number of amides is 1. The quantitative estimate of drug-likeness (QED) is 0.865. The third-order valence-electron chi connectivity index (χ3n) is 1.97. The lowest BCUT2D eigenvalue weighted by molar-refractivity contribution is -0.167. The molecule has 0 aliphatic rings. The van der Waals surface area contributed by atoms with Gasteiger partial charge in [-0.1, -0.05) is 0 Å². The maximum atomic E-state index is 12.0. The standard InChI is InChI=1S/C10H8F3N3O/c1-6(3-14)7-2-8(5-15-4-7)16-9(17)10(11,12)13/h2,4-6H,1H3,(H,16,17). The topological polar surface area (TPSA) is 65.8 Å². The van der Waals surface area contributed by atoms with E-state index in [1.165, 1.54) is 12.3 Å². The van der Waals surface area contributed by atoms with Crippen molar-refractivity contribution in [2.75, 3.05) is 5.32 Å². The van der Waals surface area contributed by atoms with Gasteiger partial charge >= 0.3 is 12.1 Å². The Hall–Kier alpha value is -2.10. The van der Waals surface area contributed by atoms with Gasteiger partial charge < -0.3 is 5.32 Å². The number of nitrogens with zero attached hydrogens (tertiary/aromatic N) is 2. The molecule has 0 aliphatic heterocycles. The van der Waals surface area contributed by atoms with Crippen molar-refractivity contribution in [2.45, 2.75) is 19.0 Å². The normalized spacial score (nSPS) is 12.6. The molecule has 0 bridgehead atoms. The van der Waals surface area contributed by atoms with Crippen LogP contribution in [-0.4, -0.2) is 17.1 Å². The van der Waals surface area contributed by atoms with Gasteiger partial charge in [-0.25, -0.2) is 0 Å². The maximum absolute atomic E-state index is 12.0. The van der Waals surface area contributed by atoms with Crippen molar-refractivity contribution >= 4 is 11.6 Å². The van der Waals surface area contributed by atoms with Gasteiger partial charge in [-0.3, -0.25) is 9.78 Å². The second kappa shape index (κ2) is 4.82. The van der Waals surface area contributed by atoms with Gasteiger partial charge in [0.1, 0.15) is 0 Å². The number of carbonyl (C=O) groups is 1. The van der Waals surface area contributed by atoms with E-state index in [0.29, 0.717) is 5.56 Å². The van der Waals surface area contributed by atoms with Crippen LogP contribution >= 0.6 is 0 Å². The van der Waals surface area contributed by atoms with E-state index in [9.17, 15) is 18.0 Å². The first-order valence-electron chi connectivity index (χ1n) is 4.57. The second-order valence-electron chi connectivity index (χ2n) is 3.31. The molecule has 1 unspecified atom stereocenters. The Morgan fingerprint density at radius 1 is 1.53 bits per heavy atom. The summed E-state index contributed by atoms with van der Waals surface area (Å²) < 4.78 is 35.9. The van der Waals surface area contributed by atoms with E-state index in [1.54, 1.807) is 12.2 Å². The van der Waals surface area contributed by atoms with Crippen molar-refractivity contribution in [2.24, 2.45) is 0 Å². The van der Waals surface area contributed by atoms with Gasteiger partial charge in [-0.2, -0.15) is 18.4 Å². The first-order chi connectivity index (χ1) is 7.84. The Balaban J connectivity index is 2.88. The fourth-order valence-electron chi connectivity index (χ4n) is 1.04. The number of anilines is 1. The fraction of sp³-hybridized carbons (Fsp3) is 0.300. The predicted molar refractivity (Wildman–Crippen MR) is 52.9 cm³/mol. The molecule has 0 fully saturated rings. The molecule has 7 heteroatoms. The summed E-state index contributed by atoms with van der Waals surface area (Å²) in [5.41, 5.74) is 0.347. The highest BCUT2D eigenvalue weighted by atomic mass is 19.4. The zero-order valence-corrected chi connectivity index (χ0v) is 8.75. The number of hydrogen-bond acceptors (Lipinski definition) is 3. The third-order valence-corrected chi connectivity index (χ3v) is 1.97. The lowest BCUT2D eigenvalue weighted by Crippen LogP contribution is -2.30. The van der Waals surface area contributed by atoms with Crippen molar-refractivity contribution in [3.8, 4) is 6.07 Å². The van der Waals surface area contributed by atoms with Crippen LogP contribution in [0, 0.1) is 11.3 Å². The Kier molecular flexibility index (Phi) is 3.68. The Morgan fingerprint density at radius 2 is 2.18 bits per heavy atom. The van der Waals surface area contributed by atoms with Gasteiger partial charge in [0.15, 0.2) is 0 Å². The summed E-state index contributed by atoms with van der Waals surface area (Å²) >= 11 is 0. The van der Waals surface area contributed by atoms with Crippen LogP contribution in [0.3, 0.4) is 0 Å². The van der Waals surface area contributed by atoms with Crippen LogP contribution in [0.15, 0.2) is 18.5 Å². The number of alkyl halides is 3. The highest BCUT2D eigenvalue weighted by molar-refractivity contribution is 5.94. The Morgan fingerprint density at radius 3 is 2.71 bits per heavy atom. The van der Waals surface area contributed by atoms with Crippen LogP contribution in [0.2, 0.25) is 0 Å². The van der Waals surface area contributed by atoms with E-state index in [-0.39, 0.29) is 5.69 Å². The van der Waals surface area contributed by atoms with Crippen LogP contribution in [0.1, 0.15) is 18.4 Å². The molecule has 1 N–H and O–H groups in total. The van der Waals surface area contributed by atoms with Crippen LogP contribution in [0.4, 0.5) is 18.9 Å². The molecule has 0 saturated carbocycles. The van der Waals surface area contributed by atoms with Crippen LogP contribution in [0.25, 0.3) is 0 Å². The lowest BCUT2D eigenvalue weighted by atomic mass is 10.1. The summed E-state index contributed by atoms with van der Waals surface area (Å²) in [6, 6.07) is 3.20. The van der Waals surface area contributed by atoms with Crippen molar-refractivity contribution in [1.82, 2.24) is 4.98 Å². The van der Waals surface area contributed by atoms with E-state index in [2.05, 4.69) is 4.98 Å². The molecule has 0 aromatic carbocycles. The molecule has 1 aromatic rings. The minimum Gasteiger partial charge on any atom is -0.317 e. The van der Waals surface area contributed by atoms with Gasteiger partial charge in [0.2, 0.25) is 0 Å². The smallest absolute Gasteiger partial charge is 0.317 e. The Labute approximate surface area is 95.1 Å². The molecular weight excluding hydrogens is 235 g/mol. The molecule has 1 heterocycles. The van der Waals surface area contributed by atoms with Gasteiger partial charge in [0.05, 0.1) is 23.9 Å². The lowest BCUT2D eigenvalue weighted by Gasteiger charge is -2.09. The Bertz CT molecular complexity index is 465. The summed E-state index contributed by atoms with van der Waals surface area (Å²) in [6.45, 7) is 1.58. The monoisotopic (exact) mass is 243 g/mol. The fourth-order valence-corrected chi connectivity index (χ4v) is 1.04. The van der Waals surface area contributed by atoms with Gasteiger partial charge in [-0.05, 0) is 18.6 Å². The summed E-state index contributed by atoms with van der Waals surface area (Å²) in [5.74, 6) is -2.58. The number of hydrogen-bond donors (Lipinski definition) is 1. The predicted octanol–water partition coefficient (Wildman–Crippen LogP) is 2.21. The van der Waals surface area contributed by atoms with Gasteiger partial charge in [0.25, 0.3) is 0 Å². The summed E-state index contributed by atoms with van der Waals surface area (Å²) in [6.07, 6.45) is -2.51. The molecule has 1 rings (SSSR count). The average molecular weight is 243 g/mol. The minimum absolute atomic E-state index is 0.0908. The first-order valence-corrected chi connectivity index (χ1v) is 4.57. The number of halogens is 3. The number of rotatable bonds is 2. The molecule has 4 nitrogen and oxygen atoms in total. The average Bonchev–Trinajstić information content (AvgIpc) is 2.27. The molecule has 0 saturated heterocycles. The van der Waals surface area contributed by atoms with Crippen LogP contribution in [-0.2, 0) is 4.79 Å². The van der Waals surface area contributed by atoms with Crippen LogP contribution < -0.4 is 5.32 Å². The largest absolute Gasteiger partial charge is 0.471 e. The molecular formula is C10H8F3N3O. The molecule has 17 heavy (non-hydrogen) atoms. The van der Waals surface area contributed by atoms with Gasteiger partial charge in [0, 0.05) is 6.20 Å². The molecule has 1 atom stereocenters. The first kappa shape index (κ1) is 13.0. The molecule has 1 amide bonds. The van der Waals surface area contributed by atoms with E-state index in [1.807, 2.05) is 6.07 Å². The van der Waals surface area contributed by atoms with E-state index >= 15 is 0 Å². The highest BCUT2D eigenvalue weighted by Crippen LogP contribution is 2.20. The number of nitrogens with one attached hydrogen (secondary N) is 1. The van der Waals surface area contributed by atoms with E-state index < -0.39 is 18.0 Å². The molecule has 1 aromatic heterocycles. The van der Waals surface area contributed by atoms with Crippen molar-refractivity contribution in [3.05, 3.63) is 24.0 Å². The second-order valence-corrected chi connectivity index (χ2v) is 3.31. The molecule has 90 valence electrons. The minimum atomic E-state index is -4.95. The zero-order valence-electron chi connectivity index (χ0n) is 8.75. The number of carbonyl (C=O) groups excluding carboxylic acids is 1. The van der Waals surface area contributed by atoms with Crippen molar-refractivity contribution in [1.29, 1.82) is 5.26 Å². The highest BCUT2D eigenvalue weighted by Gasteiger charge is 2.38. The SMILES string of the molecule is CC(C#N)c1cncc(NC(=O)C(F)(F)F)c1. The van der Waals surface area contributed by atoms with Crippen molar-refractivity contribution in [3.63, 3.8) is 0 Å². The maximum Gasteiger partial charge on any atom is 0.471 e. The number of aromatic nitrogens is 1. The van der Waals surface area contributed by atoms with Crippen molar-refractivity contribution < 1.29 is 18.0 Å². The summed E-state index contributed by atoms with van der Waals surface area (Å²) in [5, 5.41) is 10.3. The van der Waals surface area contributed by atoms with Gasteiger partial charge in [-0.15, -0.1) is 0 Å². The molecule has 0 aliphatic carbocycles. The number of nitriles is 1. The third kappa shape index (κ3) is 3.45. The van der Waals surface area contributed by atoms with E-state index in [4.69, 9.17) is 5.26 Å². The summed E-state index contributed by atoms with van der Waals surface area (Å²) in [7, 11) is 0. The number of pyridine rings is 1. The molecule has 0 radical (unpaired) electrons. The molecule has 0 spiro atoms. The zero-order chi connectivity index (χ0) is 13.1. The summed E-state index contributed by atoms with van der Waals surface area (Å²) in [4.78, 5) is 14.3. The van der Waals surface area contributed by atoms with E-state index in [0.717, 1.165) is 6.20 Å². The van der Waals surface area contributed by atoms with Crippen LogP contribution in [0.5, 0.6) is 0 Å².